The average molecular weight is 494 g/mol. The van der Waals surface area contributed by atoms with Crippen LogP contribution in [-0.2, 0) is 0 Å². The molecule has 2 aromatic rings. The predicted molar refractivity (Wildman–Crippen MR) is 109 cm³/mol. The summed E-state index contributed by atoms with van der Waals surface area (Å²) in [6.45, 7) is 3.92. The van der Waals surface area contributed by atoms with Gasteiger partial charge in [-0.3, -0.25) is 0 Å². The Morgan fingerprint density at radius 1 is 0.667 bits per heavy atom. The molecule has 2 heterocycles. The van der Waals surface area contributed by atoms with Crippen LogP contribution in [0.5, 0.6) is 0 Å². The summed E-state index contributed by atoms with van der Waals surface area (Å²) in [5.74, 6) is 1.37. The van der Waals surface area contributed by atoms with Crippen LogP contribution in [0.25, 0.3) is 0 Å². The largest absolute Gasteiger partial charge is 0.347 e. The van der Waals surface area contributed by atoms with Gasteiger partial charge in [0, 0.05) is 28.2 Å². The summed E-state index contributed by atoms with van der Waals surface area (Å²) in [5.41, 5.74) is 1.81. The molecule has 0 bridgehead atoms. The summed E-state index contributed by atoms with van der Waals surface area (Å²) in [7, 11) is 10.8. The van der Waals surface area contributed by atoms with Crippen molar-refractivity contribution in [2.24, 2.45) is 0 Å². The van der Waals surface area contributed by atoms with Gasteiger partial charge >= 0.3 is 0 Å². The highest BCUT2D eigenvalue weighted by Crippen LogP contribution is 2.43. The molecule has 0 saturated heterocycles. The van der Waals surface area contributed by atoms with E-state index in [2.05, 4.69) is 51.8 Å². The maximum absolute atomic E-state index is 4.60. The van der Waals surface area contributed by atoms with Gasteiger partial charge in [0.1, 0.15) is 10.1 Å². The zero-order valence-electron chi connectivity index (χ0n) is 14.3. The minimum absolute atomic E-state index is 0.686. The molecule has 0 saturated carbocycles. The Hall–Kier alpha value is -0.580. The number of nitrogens with zero attached hydrogens (tertiary/aromatic N) is 6. The van der Waals surface area contributed by atoms with Crippen molar-refractivity contribution in [1.29, 1.82) is 0 Å². The van der Waals surface area contributed by atoms with Gasteiger partial charge in [-0.05, 0) is 67.3 Å². The van der Waals surface area contributed by atoms with Gasteiger partial charge in [-0.2, -0.15) is 0 Å². The third-order valence-electron chi connectivity index (χ3n) is 2.95. The molecule has 0 radical (unpaired) electrons. The molecule has 10 heteroatoms. The molecule has 0 aliphatic carbocycles. The molecule has 0 aliphatic heterocycles. The summed E-state index contributed by atoms with van der Waals surface area (Å²) in [5, 5.41) is 1.73. The number of hydrogen-bond donors (Lipinski definition) is 0. The average Bonchev–Trinajstić information content (AvgIpc) is 2.51. The molecule has 6 nitrogen and oxygen atoms in total. The third-order valence-corrected chi connectivity index (χ3v) is 7.56. The monoisotopic (exact) mass is 492 g/mol. The van der Waals surface area contributed by atoms with Crippen LogP contribution >= 0.6 is 53.4 Å². The van der Waals surface area contributed by atoms with Crippen LogP contribution in [0.1, 0.15) is 11.4 Å². The summed E-state index contributed by atoms with van der Waals surface area (Å²) in [6.07, 6.45) is 0. The number of aryl methyl sites for hydroxylation is 2. The molecule has 0 aromatic carbocycles. The molecule has 2 rings (SSSR count). The molecule has 0 spiro atoms. The smallest absolute Gasteiger partial charge is 0.226 e. The van der Waals surface area contributed by atoms with E-state index in [9.17, 15) is 0 Å². The van der Waals surface area contributed by atoms with E-state index in [1.807, 2.05) is 51.8 Å². The van der Waals surface area contributed by atoms with E-state index < -0.39 is 0 Å². The van der Waals surface area contributed by atoms with Gasteiger partial charge in [0.25, 0.3) is 0 Å². The summed E-state index contributed by atoms with van der Waals surface area (Å²) < 4.78 is 1.81. The fourth-order valence-electron chi connectivity index (χ4n) is 1.63. The Morgan fingerprint density at radius 2 is 1.00 bits per heavy atom. The molecule has 130 valence electrons. The number of halogens is 2. The fourth-order valence-corrected chi connectivity index (χ4v) is 5.14. The van der Waals surface area contributed by atoms with Crippen LogP contribution in [0, 0.1) is 13.8 Å². The Kier molecular flexibility index (Phi) is 6.74. The van der Waals surface area contributed by atoms with Crippen LogP contribution in [0.4, 0.5) is 11.9 Å². The lowest BCUT2D eigenvalue weighted by Gasteiger charge is -2.15. The van der Waals surface area contributed by atoms with Gasteiger partial charge in [0.05, 0.1) is 20.3 Å². The number of hydrogen-bond acceptors (Lipinski definition) is 8. The Bertz CT molecular complexity index is 691. The van der Waals surface area contributed by atoms with E-state index in [0.29, 0.717) is 11.9 Å². The van der Waals surface area contributed by atoms with Crippen molar-refractivity contribution in [3.8, 4) is 0 Å². The first-order valence-electron chi connectivity index (χ1n) is 6.98. The van der Waals surface area contributed by atoms with Crippen LogP contribution in [-0.4, -0.2) is 48.1 Å². The maximum atomic E-state index is 4.60. The van der Waals surface area contributed by atoms with E-state index in [4.69, 9.17) is 0 Å². The summed E-state index contributed by atoms with van der Waals surface area (Å²) in [4.78, 5) is 21.9. The zero-order chi connectivity index (χ0) is 18.0. The summed E-state index contributed by atoms with van der Waals surface area (Å²) in [6, 6.07) is 0. The van der Waals surface area contributed by atoms with Crippen LogP contribution < -0.4 is 9.80 Å². The molecule has 0 aliphatic rings. The zero-order valence-corrected chi connectivity index (χ0v) is 19.1. The topological polar surface area (TPSA) is 58.0 Å². The van der Waals surface area contributed by atoms with Crippen molar-refractivity contribution >= 4 is 65.3 Å². The number of anilines is 2. The van der Waals surface area contributed by atoms with Gasteiger partial charge in [0.15, 0.2) is 0 Å². The van der Waals surface area contributed by atoms with E-state index >= 15 is 0 Å². The fraction of sp³-hybridized carbons (Fsp3) is 0.429. The Labute approximate surface area is 166 Å². The van der Waals surface area contributed by atoms with Gasteiger partial charge in [-0.25, -0.2) is 19.9 Å². The molecule has 0 atom stereocenters. The standard InChI is InChI=1S/C14H18Br2N6S2/c1-7-9(15)11(19-13(17-7)21(3)4)23-24-12-10(16)8(2)18-14(20-12)22(5)6/h1-6H3. The highest BCUT2D eigenvalue weighted by Gasteiger charge is 2.16. The van der Waals surface area contributed by atoms with E-state index in [0.717, 1.165) is 30.4 Å². The van der Waals surface area contributed by atoms with Crippen LogP contribution in [0.15, 0.2) is 19.0 Å². The van der Waals surface area contributed by atoms with Crippen LogP contribution in [0.2, 0.25) is 0 Å². The molecule has 0 fully saturated rings. The van der Waals surface area contributed by atoms with Crippen molar-refractivity contribution in [1.82, 2.24) is 19.9 Å². The Morgan fingerprint density at radius 3 is 1.29 bits per heavy atom. The lowest BCUT2D eigenvalue weighted by atomic mass is 10.4. The van der Waals surface area contributed by atoms with E-state index in [-0.39, 0.29) is 0 Å². The second-order valence-electron chi connectivity index (χ2n) is 5.41. The molecule has 0 unspecified atom stereocenters. The second-order valence-corrected chi connectivity index (χ2v) is 9.10. The van der Waals surface area contributed by atoms with Gasteiger partial charge in [-0.15, -0.1) is 0 Å². The first-order chi connectivity index (χ1) is 11.2. The molecule has 2 aromatic heterocycles. The number of aromatic nitrogens is 4. The van der Waals surface area contributed by atoms with Crippen LogP contribution in [0.3, 0.4) is 0 Å². The van der Waals surface area contributed by atoms with Gasteiger partial charge in [-0.1, -0.05) is 0 Å². The van der Waals surface area contributed by atoms with Crippen molar-refractivity contribution in [3.63, 3.8) is 0 Å². The molecule has 0 amide bonds. The third kappa shape index (κ3) is 4.53. The van der Waals surface area contributed by atoms with Crippen molar-refractivity contribution in [3.05, 3.63) is 20.3 Å². The lowest BCUT2D eigenvalue weighted by Crippen LogP contribution is -2.14. The SMILES string of the molecule is Cc1nc(N(C)C)nc(SSc2nc(N(C)C)nc(C)c2Br)c1Br. The van der Waals surface area contributed by atoms with E-state index in [1.165, 1.54) is 0 Å². The minimum atomic E-state index is 0.686. The maximum Gasteiger partial charge on any atom is 0.226 e. The highest BCUT2D eigenvalue weighted by atomic mass is 79.9. The quantitative estimate of drug-likeness (QED) is 0.450. The second kappa shape index (κ2) is 8.20. The van der Waals surface area contributed by atoms with Gasteiger partial charge in [0.2, 0.25) is 11.9 Å². The highest BCUT2D eigenvalue weighted by molar-refractivity contribution is 9.11. The first kappa shape index (κ1) is 19.7. The molecule has 0 N–H and O–H groups in total. The Balaban J connectivity index is 2.31. The van der Waals surface area contributed by atoms with Crippen molar-refractivity contribution in [2.75, 3.05) is 38.0 Å². The minimum Gasteiger partial charge on any atom is -0.347 e. The molecule has 24 heavy (non-hydrogen) atoms. The summed E-state index contributed by atoms with van der Waals surface area (Å²) >= 11 is 7.15. The normalized spacial score (nSPS) is 10.8. The van der Waals surface area contributed by atoms with Gasteiger partial charge < -0.3 is 9.80 Å². The van der Waals surface area contributed by atoms with E-state index in [1.54, 1.807) is 21.6 Å². The predicted octanol–water partition coefficient (Wildman–Crippen LogP) is 4.34. The first-order valence-corrected chi connectivity index (χ1v) is 10.7. The molecular formula is C14H18Br2N6S2. The lowest BCUT2D eigenvalue weighted by molar-refractivity contribution is 0.915. The number of rotatable bonds is 5. The molecular weight excluding hydrogens is 476 g/mol. The van der Waals surface area contributed by atoms with Crippen molar-refractivity contribution < 1.29 is 0 Å². The van der Waals surface area contributed by atoms with Crippen molar-refractivity contribution in [2.45, 2.75) is 23.9 Å².